The van der Waals surface area contributed by atoms with Gasteiger partial charge in [0.05, 0.1) is 0 Å². The molecule has 5 heteroatoms. The molecule has 0 amide bonds. The summed E-state index contributed by atoms with van der Waals surface area (Å²) in [6.07, 6.45) is 7.04. The first kappa shape index (κ1) is 25.6. The molecule has 120 valence electrons. The van der Waals surface area contributed by atoms with Crippen LogP contribution < -0.4 is 10.2 Å². The molecule has 2 atom stereocenters. The zero-order chi connectivity index (χ0) is 16.0. The molecule has 0 fully saturated rings. The molecule has 0 aliphatic rings. The summed E-state index contributed by atoms with van der Waals surface area (Å²) in [6.45, 7) is 7.89. The fourth-order valence-electron chi connectivity index (χ4n) is 1.88. The van der Waals surface area contributed by atoms with Crippen LogP contribution in [0.1, 0.15) is 79.1 Å². The first-order chi connectivity index (χ1) is 9.44. The van der Waals surface area contributed by atoms with Crippen LogP contribution in [0, 0.1) is 11.8 Å². The van der Waals surface area contributed by atoms with Gasteiger partial charge in [-0.1, -0.05) is 53.4 Å². The molecule has 0 bridgehead atoms. The van der Waals surface area contributed by atoms with Crippen LogP contribution in [-0.4, -0.2) is 35.0 Å². The second-order valence-corrected chi connectivity index (χ2v) is 5.13. The molecule has 0 aromatic heterocycles. The minimum absolute atomic E-state index is 0. The normalized spacial score (nSPS) is 12.4. The van der Waals surface area contributed by atoms with Gasteiger partial charge in [-0.2, -0.15) is 0 Å². The number of rotatable bonds is 10. The van der Waals surface area contributed by atoms with Gasteiger partial charge in [0.15, 0.2) is 0 Å². The SMILES string of the molecule is CCCCC(CC)C(=O)[O-].CCCCC(CC)C(=O)[O-].[Mg+2]. The van der Waals surface area contributed by atoms with Gasteiger partial charge in [-0.05, 0) is 37.5 Å². The van der Waals surface area contributed by atoms with Crippen molar-refractivity contribution in [2.24, 2.45) is 11.8 Å². The number of hydrogen-bond acceptors (Lipinski definition) is 4. The summed E-state index contributed by atoms with van der Waals surface area (Å²) >= 11 is 0. The van der Waals surface area contributed by atoms with Crippen LogP contribution in [0.2, 0.25) is 0 Å². The number of carboxylic acid groups (broad SMARTS) is 2. The van der Waals surface area contributed by atoms with E-state index in [1.807, 2.05) is 13.8 Å². The van der Waals surface area contributed by atoms with Crippen molar-refractivity contribution in [1.29, 1.82) is 0 Å². The molecule has 0 aromatic rings. The van der Waals surface area contributed by atoms with E-state index in [2.05, 4.69) is 13.8 Å². The van der Waals surface area contributed by atoms with Gasteiger partial charge in [0.2, 0.25) is 0 Å². The number of hydrogen-bond donors (Lipinski definition) is 0. The van der Waals surface area contributed by atoms with E-state index in [4.69, 9.17) is 0 Å². The number of carbonyl (C=O) groups is 2. The van der Waals surface area contributed by atoms with E-state index in [9.17, 15) is 19.8 Å². The predicted octanol–water partition coefficient (Wildman–Crippen LogP) is 1.52. The van der Waals surface area contributed by atoms with Gasteiger partial charge in [-0.25, -0.2) is 0 Å². The van der Waals surface area contributed by atoms with E-state index in [1.165, 1.54) is 0 Å². The largest absolute Gasteiger partial charge is 2.00 e. The second-order valence-electron chi connectivity index (χ2n) is 5.13. The summed E-state index contributed by atoms with van der Waals surface area (Å²) < 4.78 is 0. The molecule has 0 aliphatic carbocycles. The standard InChI is InChI=1S/2C8H16O2.Mg/c2*1-3-5-6-7(4-2)8(9)10;/h2*7H,3-6H2,1-2H3,(H,9,10);/q;;+2/p-2. The molecule has 0 heterocycles. The Bertz CT molecular complexity index is 231. The Hall–Kier alpha value is -0.294. The molecule has 0 aliphatic heterocycles. The maximum absolute atomic E-state index is 10.3. The Morgan fingerprint density at radius 2 is 1.05 bits per heavy atom. The molecular weight excluding hydrogens is 280 g/mol. The van der Waals surface area contributed by atoms with Crippen LogP contribution in [0.25, 0.3) is 0 Å². The van der Waals surface area contributed by atoms with Crippen molar-refractivity contribution in [3.8, 4) is 0 Å². The molecule has 2 unspecified atom stereocenters. The monoisotopic (exact) mass is 310 g/mol. The first-order valence-electron chi connectivity index (χ1n) is 7.86. The van der Waals surface area contributed by atoms with Crippen molar-refractivity contribution in [2.75, 3.05) is 0 Å². The number of aliphatic carboxylic acids is 2. The van der Waals surface area contributed by atoms with Gasteiger partial charge < -0.3 is 19.8 Å². The number of carbonyl (C=O) groups excluding carboxylic acids is 2. The number of unbranched alkanes of at least 4 members (excludes halogenated alkanes) is 2. The third-order valence-corrected chi connectivity index (χ3v) is 3.46. The third-order valence-electron chi connectivity index (χ3n) is 3.46. The quantitative estimate of drug-likeness (QED) is 0.573. The Balaban J connectivity index is -0.000000295. The van der Waals surface area contributed by atoms with Gasteiger partial charge >= 0.3 is 23.1 Å². The molecule has 0 rings (SSSR count). The Labute approximate surface area is 145 Å². The van der Waals surface area contributed by atoms with Crippen LogP contribution in [0.15, 0.2) is 0 Å². The minimum atomic E-state index is -0.893. The van der Waals surface area contributed by atoms with Gasteiger partial charge in [0.1, 0.15) is 0 Å². The fraction of sp³-hybridized carbons (Fsp3) is 0.875. The summed E-state index contributed by atoms with van der Waals surface area (Å²) in [6, 6.07) is 0. The molecular formula is C16H30MgO4. The van der Waals surface area contributed by atoms with E-state index in [0.717, 1.165) is 38.5 Å². The molecule has 0 aromatic carbocycles. The van der Waals surface area contributed by atoms with Crippen LogP contribution >= 0.6 is 0 Å². The summed E-state index contributed by atoms with van der Waals surface area (Å²) in [5.74, 6) is -2.23. The summed E-state index contributed by atoms with van der Waals surface area (Å²) in [7, 11) is 0. The van der Waals surface area contributed by atoms with Crippen molar-refractivity contribution in [3.63, 3.8) is 0 Å². The van der Waals surface area contributed by atoms with E-state index in [-0.39, 0.29) is 34.9 Å². The van der Waals surface area contributed by atoms with E-state index < -0.39 is 11.9 Å². The molecule has 21 heavy (non-hydrogen) atoms. The summed E-state index contributed by atoms with van der Waals surface area (Å²) in [5.41, 5.74) is 0. The van der Waals surface area contributed by atoms with Crippen molar-refractivity contribution >= 4 is 35.0 Å². The van der Waals surface area contributed by atoms with Gasteiger partial charge in [0.25, 0.3) is 0 Å². The predicted molar refractivity (Wildman–Crippen MR) is 82.4 cm³/mol. The molecule has 4 nitrogen and oxygen atoms in total. The number of carboxylic acids is 2. The van der Waals surface area contributed by atoms with E-state index in [1.54, 1.807) is 0 Å². The second kappa shape index (κ2) is 17.8. The molecule has 0 N–H and O–H groups in total. The maximum atomic E-state index is 10.3. The molecule has 0 radical (unpaired) electrons. The maximum Gasteiger partial charge on any atom is 2.00 e. The van der Waals surface area contributed by atoms with E-state index in [0.29, 0.717) is 12.8 Å². The van der Waals surface area contributed by atoms with E-state index >= 15 is 0 Å². The topological polar surface area (TPSA) is 80.3 Å². The van der Waals surface area contributed by atoms with Crippen LogP contribution in [0.4, 0.5) is 0 Å². The average Bonchev–Trinajstić information content (AvgIpc) is 2.40. The summed E-state index contributed by atoms with van der Waals surface area (Å²) in [4.78, 5) is 20.7. The average molecular weight is 311 g/mol. The summed E-state index contributed by atoms with van der Waals surface area (Å²) in [5, 5.41) is 20.7. The minimum Gasteiger partial charge on any atom is -0.550 e. The zero-order valence-corrected chi connectivity index (χ0v) is 15.6. The van der Waals surface area contributed by atoms with Crippen LogP contribution in [0.5, 0.6) is 0 Å². The molecule has 0 saturated carbocycles. The zero-order valence-electron chi connectivity index (χ0n) is 14.2. The Kier molecular flexibility index (Phi) is 21.7. The Morgan fingerprint density at radius 1 is 0.762 bits per heavy atom. The van der Waals surface area contributed by atoms with Crippen LogP contribution in [0.3, 0.4) is 0 Å². The van der Waals surface area contributed by atoms with Crippen molar-refractivity contribution in [3.05, 3.63) is 0 Å². The van der Waals surface area contributed by atoms with Crippen molar-refractivity contribution in [1.82, 2.24) is 0 Å². The Morgan fingerprint density at radius 3 is 1.19 bits per heavy atom. The van der Waals surface area contributed by atoms with Crippen molar-refractivity contribution in [2.45, 2.75) is 79.1 Å². The van der Waals surface area contributed by atoms with Gasteiger partial charge in [-0.15, -0.1) is 0 Å². The van der Waals surface area contributed by atoms with Gasteiger partial charge in [0, 0.05) is 11.9 Å². The molecule has 0 saturated heterocycles. The van der Waals surface area contributed by atoms with Crippen LogP contribution in [-0.2, 0) is 9.59 Å². The smallest absolute Gasteiger partial charge is 0.550 e. The first-order valence-corrected chi connectivity index (χ1v) is 7.86. The van der Waals surface area contributed by atoms with Gasteiger partial charge in [-0.3, -0.25) is 0 Å². The fourth-order valence-corrected chi connectivity index (χ4v) is 1.88. The third kappa shape index (κ3) is 15.9. The molecule has 0 spiro atoms. The van der Waals surface area contributed by atoms with Crippen molar-refractivity contribution < 1.29 is 19.8 Å².